The monoisotopic (exact) mass is 370 g/mol. The SMILES string of the molecule is CCCCC(c1nnnn1C(C)C)N1CCN(c2cccc(C)c2C)CC1. The van der Waals surface area contributed by atoms with Gasteiger partial charge in [0, 0.05) is 31.9 Å². The van der Waals surface area contributed by atoms with Crippen LogP contribution in [0.3, 0.4) is 0 Å². The highest BCUT2D eigenvalue weighted by Gasteiger charge is 2.29. The average Bonchev–Trinajstić information content (AvgIpc) is 3.15. The second-order valence-electron chi connectivity index (χ2n) is 7.98. The first-order valence-electron chi connectivity index (χ1n) is 10.4. The van der Waals surface area contributed by atoms with E-state index in [0.29, 0.717) is 6.04 Å². The molecule has 148 valence electrons. The number of rotatable bonds is 7. The van der Waals surface area contributed by atoms with Gasteiger partial charge < -0.3 is 4.90 Å². The largest absolute Gasteiger partial charge is 0.369 e. The number of hydrogen-bond acceptors (Lipinski definition) is 5. The Kier molecular flexibility index (Phi) is 6.47. The minimum absolute atomic E-state index is 0.287. The van der Waals surface area contributed by atoms with E-state index in [1.807, 2.05) is 4.68 Å². The van der Waals surface area contributed by atoms with Crippen LogP contribution in [0.25, 0.3) is 0 Å². The van der Waals surface area contributed by atoms with Crippen molar-refractivity contribution in [1.82, 2.24) is 25.1 Å². The Morgan fingerprint density at radius 2 is 1.81 bits per heavy atom. The lowest BCUT2D eigenvalue weighted by molar-refractivity contribution is 0.161. The van der Waals surface area contributed by atoms with Crippen molar-refractivity contribution in [2.45, 2.75) is 66.0 Å². The smallest absolute Gasteiger partial charge is 0.168 e. The van der Waals surface area contributed by atoms with Crippen LogP contribution in [0.5, 0.6) is 0 Å². The van der Waals surface area contributed by atoms with E-state index in [-0.39, 0.29) is 6.04 Å². The van der Waals surface area contributed by atoms with Crippen molar-refractivity contribution in [3.8, 4) is 0 Å². The molecular weight excluding hydrogens is 336 g/mol. The van der Waals surface area contributed by atoms with E-state index >= 15 is 0 Å². The van der Waals surface area contributed by atoms with Crippen LogP contribution in [0.2, 0.25) is 0 Å². The highest BCUT2D eigenvalue weighted by molar-refractivity contribution is 5.56. The molecule has 6 heteroatoms. The number of hydrogen-bond donors (Lipinski definition) is 0. The number of unbranched alkanes of at least 4 members (excludes halogenated alkanes) is 1. The predicted octanol–water partition coefficient (Wildman–Crippen LogP) is 3.92. The van der Waals surface area contributed by atoms with E-state index in [4.69, 9.17) is 0 Å². The standard InChI is InChI=1S/C21H34N6/c1-6-7-10-20(21-22-23-24-27(21)16(2)3)26-14-12-25(13-15-26)19-11-8-9-17(4)18(19)5/h8-9,11,16,20H,6-7,10,12-15H2,1-5H3. The van der Waals surface area contributed by atoms with Gasteiger partial charge in [-0.15, -0.1) is 5.10 Å². The van der Waals surface area contributed by atoms with Crippen LogP contribution in [-0.4, -0.2) is 51.3 Å². The Morgan fingerprint density at radius 3 is 2.48 bits per heavy atom. The summed E-state index contributed by atoms with van der Waals surface area (Å²) in [6.45, 7) is 15.2. The van der Waals surface area contributed by atoms with E-state index in [0.717, 1.165) is 38.4 Å². The molecule has 27 heavy (non-hydrogen) atoms. The Morgan fingerprint density at radius 1 is 1.07 bits per heavy atom. The number of benzene rings is 1. The van der Waals surface area contributed by atoms with Gasteiger partial charge in [-0.3, -0.25) is 4.90 Å². The van der Waals surface area contributed by atoms with Crippen molar-refractivity contribution in [2.24, 2.45) is 0 Å². The van der Waals surface area contributed by atoms with Crippen LogP contribution >= 0.6 is 0 Å². The van der Waals surface area contributed by atoms with E-state index in [1.165, 1.54) is 29.7 Å². The molecule has 0 radical (unpaired) electrons. The topological polar surface area (TPSA) is 50.1 Å². The summed E-state index contributed by atoms with van der Waals surface area (Å²) in [4.78, 5) is 5.11. The third-order valence-electron chi connectivity index (χ3n) is 5.81. The summed E-state index contributed by atoms with van der Waals surface area (Å²) in [6.07, 6.45) is 3.52. The van der Waals surface area contributed by atoms with Gasteiger partial charge in [-0.05, 0) is 61.7 Å². The molecule has 2 heterocycles. The fraction of sp³-hybridized carbons (Fsp3) is 0.667. The van der Waals surface area contributed by atoms with Gasteiger partial charge in [0.1, 0.15) is 0 Å². The molecule has 1 unspecified atom stereocenters. The summed E-state index contributed by atoms with van der Waals surface area (Å²) in [6, 6.07) is 7.22. The van der Waals surface area contributed by atoms with Gasteiger partial charge in [-0.1, -0.05) is 31.9 Å². The first kappa shape index (κ1) is 19.8. The zero-order valence-electron chi connectivity index (χ0n) is 17.5. The van der Waals surface area contributed by atoms with Crippen LogP contribution in [-0.2, 0) is 0 Å². The summed E-state index contributed by atoms with van der Waals surface area (Å²) in [5.74, 6) is 1.03. The van der Waals surface area contributed by atoms with Crippen molar-refractivity contribution >= 4 is 5.69 Å². The van der Waals surface area contributed by atoms with Gasteiger partial charge in [0.15, 0.2) is 5.82 Å². The van der Waals surface area contributed by atoms with Crippen molar-refractivity contribution in [3.05, 3.63) is 35.2 Å². The van der Waals surface area contributed by atoms with E-state index in [1.54, 1.807) is 0 Å². The molecule has 0 saturated carbocycles. The molecular formula is C21H34N6. The molecule has 0 aliphatic carbocycles. The number of tetrazole rings is 1. The van der Waals surface area contributed by atoms with Crippen LogP contribution in [0.4, 0.5) is 5.69 Å². The molecule has 1 aliphatic rings. The number of aromatic nitrogens is 4. The number of piperazine rings is 1. The zero-order chi connectivity index (χ0) is 19.4. The maximum Gasteiger partial charge on any atom is 0.168 e. The van der Waals surface area contributed by atoms with E-state index in [2.05, 4.69) is 78.1 Å². The molecule has 1 aromatic carbocycles. The molecule has 0 N–H and O–H groups in total. The van der Waals surface area contributed by atoms with Crippen LogP contribution < -0.4 is 4.90 Å². The summed E-state index contributed by atoms with van der Waals surface area (Å²) >= 11 is 0. The summed E-state index contributed by atoms with van der Waals surface area (Å²) in [7, 11) is 0. The van der Waals surface area contributed by atoms with Gasteiger partial charge in [0.2, 0.25) is 0 Å². The molecule has 3 rings (SSSR count). The molecule has 1 saturated heterocycles. The molecule has 1 aliphatic heterocycles. The molecule has 2 aromatic rings. The van der Waals surface area contributed by atoms with Crippen molar-refractivity contribution < 1.29 is 0 Å². The lowest BCUT2D eigenvalue weighted by atomic mass is 10.0. The Balaban J connectivity index is 1.74. The quantitative estimate of drug-likeness (QED) is 0.739. The second kappa shape index (κ2) is 8.83. The maximum absolute atomic E-state index is 4.42. The Hall–Kier alpha value is -1.95. The van der Waals surface area contributed by atoms with Gasteiger partial charge >= 0.3 is 0 Å². The summed E-state index contributed by atoms with van der Waals surface area (Å²) < 4.78 is 2.00. The van der Waals surface area contributed by atoms with Gasteiger partial charge in [0.25, 0.3) is 0 Å². The van der Waals surface area contributed by atoms with Gasteiger partial charge in [-0.25, -0.2) is 4.68 Å². The van der Waals surface area contributed by atoms with Crippen molar-refractivity contribution in [1.29, 1.82) is 0 Å². The van der Waals surface area contributed by atoms with Crippen molar-refractivity contribution in [2.75, 3.05) is 31.1 Å². The lowest BCUT2D eigenvalue weighted by Gasteiger charge is -2.40. The summed E-state index contributed by atoms with van der Waals surface area (Å²) in [5, 5.41) is 12.6. The lowest BCUT2D eigenvalue weighted by Crippen LogP contribution is -2.48. The first-order valence-corrected chi connectivity index (χ1v) is 10.4. The molecule has 1 fully saturated rings. The minimum atomic E-state index is 0.287. The number of anilines is 1. The van der Waals surface area contributed by atoms with Crippen LogP contribution in [0.1, 0.15) is 69.1 Å². The minimum Gasteiger partial charge on any atom is -0.369 e. The molecule has 1 atom stereocenters. The highest BCUT2D eigenvalue weighted by Crippen LogP contribution is 2.29. The molecule has 6 nitrogen and oxygen atoms in total. The molecule has 1 aromatic heterocycles. The van der Waals surface area contributed by atoms with Crippen molar-refractivity contribution in [3.63, 3.8) is 0 Å². The van der Waals surface area contributed by atoms with E-state index in [9.17, 15) is 0 Å². The third-order valence-corrected chi connectivity index (χ3v) is 5.81. The van der Waals surface area contributed by atoms with Gasteiger partial charge in [0.05, 0.1) is 12.1 Å². The van der Waals surface area contributed by atoms with Crippen LogP contribution in [0.15, 0.2) is 18.2 Å². The fourth-order valence-corrected chi connectivity index (χ4v) is 4.01. The highest BCUT2D eigenvalue weighted by atomic mass is 15.6. The Labute approximate surface area is 163 Å². The molecule has 0 bridgehead atoms. The van der Waals surface area contributed by atoms with E-state index < -0.39 is 0 Å². The van der Waals surface area contributed by atoms with Crippen LogP contribution in [0, 0.1) is 13.8 Å². The number of nitrogens with zero attached hydrogens (tertiary/aromatic N) is 6. The van der Waals surface area contributed by atoms with Gasteiger partial charge in [-0.2, -0.15) is 0 Å². The second-order valence-corrected chi connectivity index (χ2v) is 7.98. The first-order chi connectivity index (χ1) is 13.0. The molecule has 0 amide bonds. The molecule has 0 spiro atoms. The average molecular weight is 371 g/mol. The zero-order valence-corrected chi connectivity index (χ0v) is 17.5. The fourth-order valence-electron chi connectivity index (χ4n) is 4.01. The predicted molar refractivity (Wildman–Crippen MR) is 110 cm³/mol. The maximum atomic E-state index is 4.42. The summed E-state index contributed by atoms with van der Waals surface area (Å²) in [5.41, 5.74) is 4.15. The number of aryl methyl sites for hydroxylation is 1. The third kappa shape index (κ3) is 4.32. The Bertz CT molecular complexity index is 730. The normalized spacial score (nSPS) is 16.9.